The molecule has 1 aliphatic heterocycles. The number of phenolic OH excluding ortho intramolecular Hbond substituents is 1. The molecule has 0 aromatic heterocycles. The highest BCUT2D eigenvalue weighted by molar-refractivity contribution is 6.51. The van der Waals surface area contributed by atoms with Gasteiger partial charge in [-0.2, -0.15) is 0 Å². The van der Waals surface area contributed by atoms with Crippen LogP contribution in [0.25, 0.3) is 12.2 Å². The van der Waals surface area contributed by atoms with E-state index in [0.29, 0.717) is 28.4 Å². The van der Waals surface area contributed by atoms with Crippen LogP contribution in [0.1, 0.15) is 60.5 Å². The molecule has 0 amide bonds. The van der Waals surface area contributed by atoms with E-state index in [4.69, 9.17) is 14.2 Å². The van der Waals surface area contributed by atoms with Gasteiger partial charge in [0.1, 0.15) is 11.5 Å². The summed E-state index contributed by atoms with van der Waals surface area (Å²) in [7, 11) is 2.79. The van der Waals surface area contributed by atoms with Crippen molar-refractivity contribution in [1.82, 2.24) is 0 Å². The van der Waals surface area contributed by atoms with E-state index in [-0.39, 0.29) is 17.1 Å². The van der Waals surface area contributed by atoms with Crippen molar-refractivity contribution in [1.29, 1.82) is 0 Å². The van der Waals surface area contributed by atoms with E-state index in [9.17, 15) is 14.7 Å². The number of Topliss-reactive ketones (excluding diaryl/α,β-unsaturated/α-hetero) is 2. The lowest BCUT2D eigenvalue weighted by Crippen LogP contribution is -2.24. The van der Waals surface area contributed by atoms with Gasteiger partial charge in [0.15, 0.2) is 5.76 Å². The normalized spacial score (nSPS) is 19.9. The minimum absolute atomic E-state index is 0.0516. The van der Waals surface area contributed by atoms with Crippen molar-refractivity contribution < 1.29 is 28.9 Å². The van der Waals surface area contributed by atoms with Gasteiger partial charge in [0.2, 0.25) is 12.1 Å². The summed E-state index contributed by atoms with van der Waals surface area (Å²) in [6.45, 7) is 6.19. The Labute approximate surface area is 164 Å². The van der Waals surface area contributed by atoms with Crippen molar-refractivity contribution in [2.75, 3.05) is 14.2 Å². The molecule has 0 radical (unpaired) electrons. The standard InChI is InChI=1S/C22H24O6/c1-6-11(2)7-12(3)15-9-14-8-13-10-16(26-4)19(23)21(25)17(13)20(24)18(14)22(27-5)28-15/h7-11,22,24H,6H2,1-5H3/b12-7+/t11-,22-/m1/s1. The average molecular weight is 384 g/mol. The molecule has 1 aromatic carbocycles. The highest BCUT2D eigenvalue weighted by atomic mass is 16.7. The molecular formula is C22H24O6. The zero-order valence-electron chi connectivity index (χ0n) is 16.7. The first kappa shape index (κ1) is 19.9. The molecule has 2 aliphatic rings. The molecule has 0 saturated carbocycles. The molecule has 6 heteroatoms. The summed E-state index contributed by atoms with van der Waals surface area (Å²) in [5, 5.41) is 10.8. The zero-order chi connectivity index (χ0) is 20.6. The fraction of sp³-hybridized carbons (Fsp3) is 0.364. The number of benzene rings is 1. The molecule has 2 atom stereocenters. The van der Waals surface area contributed by atoms with Crippen molar-refractivity contribution in [2.24, 2.45) is 5.92 Å². The predicted molar refractivity (Wildman–Crippen MR) is 104 cm³/mol. The maximum absolute atomic E-state index is 12.5. The van der Waals surface area contributed by atoms with Gasteiger partial charge in [-0.15, -0.1) is 0 Å². The van der Waals surface area contributed by atoms with E-state index in [1.54, 1.807) is 12.1 Å². The van der Waals surface area contributed by atoms with Gasteiger partial charge in [-0.1, -0.05) is 26.3 Å². The summed E-state index contributed by atoms with van der Waals surface area (Å²) >= 11 is 0. The number of fused-ring (bicyclic) bond motifs is 2. The molecule has 28 heavy (non-hydrogen) atoms. The first-order valence-corrected chi connectivity index (χ1v) is 9.16. The van der Waals surface area contributed by atoms with Crippen LogP contribution in [0.15, 0.2) is 29.2 Å². The number of aromatic hydroxyl groups is 1. The first-order chi connectivity index (χ1) is 13.3. The summed E-state index contributed by atoms with van der Waals surface area (Å²) in [5.41, 5.74) is 2.32. The van der Waals surface area contributed by atoms with Crippen molar-refractivity contribution in [2.45, 2.75) is 33.5 Å². The largest absolute Gasteiger partial charge is 0.507 e. The van der Waals surface area contributed by atoms with Gasteiger partial charge < -0.3 is 19.3 Å². The third kappa shape index (κ3) is 3.24. The van der Waals surface area contributed by atoms with Crippen LogP contribution in [0.5, 0.6) is 5.75 Å². The van der Waals surface area contributed by atoms with E-state index < -0.39 is 17.9 Å². The fourth-order valence-corrected chi connectivity index (χ4v) is 3.38. The van der Waals surface area contributed by atoms with Crippen LogP contribution < -0.4 is 0 Å². The summed E-state index contributed by atoms with van der Waals surface area (Å²) in [4.78, 5) is 24.6. The number of ether oxygens (including phenoxy) is 3. The maximum Gasteiger partial charge on any atom is 0.268 e. The molecule has 0 fully saturated rings. The summed E-state index contributed by atoms with van der Waals surface area (Å²) in [6.07, 6.45) is 5.50. The average Bonchev–Trinajstić information content (AvgIpc) is 2.69. The molecule has 0 saturated heterocycles. The summed E-state index contributed by atoms with van der Waals surface area (Å²) < 4.78 is 16.3. The number of phenols is 1. The van der Waals surface area contributed by atoms with Crippen LogP contribution in [0, 0.1) is 5.92 Å². The Morgan fingerprint density at radius 1 is 1.25 bits per heavy atom. The van der Waals surface area contributed by atoms with Gasteiger partial charge in [0, 0.05) is 7.11 Å². The predicted octanol–water partition coefficient (Wildman–Crippen LogP) is 4.15. The molecule has 3 rings (SSSR count). The molecule has 1 aliphatic carbocycles. The van der Waals surface area contributed by atoms with Gasteiger partial charge >= 0.3 is 0 Å². The van der Waals surface area contributed by atoms with Gasteiger partial charge in [-0.25, -0.2) is 0 Å². The maximum atomic E-state index is 12.5. The second-order valence-corrected chi connectivity index (χ2v) is 6.99. The highest BCUT2D eigenvalue weighted by Gasteiger charge is 2.36. The Morgan fingerprint density at radius 2 is 1.96 bits per heavy atom. The molecular weight excluding hydrogens is 360 g/mol. The van der Waals surface area contributed by atoms with Crippen LogP contribution in [0.4, 0.5) is 0 Å². The number of hydrogen-bond acceptors (Lipinski definition) is 6. The van der Waals surface area contributed by atoms with Gasteiger partial charge in [-0.05, 0) is 47.8 Å². The molecule has 1 heterocycles. The Kier molecular flexibility index (Phi) is 5.42. The third-order valence-electron chi connectivity index (χ3n) is 5.10. The third-order valence-corrected chi connectivity index (χ3v) is 5.10. The van der Waals surface area contributed by atoms with Crippen molar-refractivity contribution in [3.05, 3.63) is 51.5 Å². The molecule has 0 bridgehead atoms. The number of hydrogen-bond donors (Lipinski definition) is 1. The van der Waals surface area contributed by atoms with Gasteiger partial charge in [0.25, 0.3) is 5.78 Å². The van der Waals surface area contributed by atoms with Crippen molar-refractivity contribution in [3.63, 3.8) is 0 Å². The number of allylic oxidation sites excluding steroid dienone is 3. The van der Waals surface area contributed by atoms with E-state index in [1.165, 1.54) is 20.3 Å². The second-order valence-electron chi connectivity index (χ2n) is 6.99. The Bertz CT molecular complexity index is 935. The summed E-state index contributed by atoms with van der Waals surface area (Å²) in [6, 6.07) is 1.73. The number of ketones is 2. The Morgan fingerprint density at radius 3 is 2.57 bits per heavy atom. The van der Waals surface area contributed by atoms with Crippen LogP contribution in [0.3, 0.4) is 0 Å². The zero-order valence-corrected chi connectivity index (χ0v) is 16.7. The minimum Gasteiger partial charge on any atom is -0.507 e. The molecule has 6 nitrogen and oxygen atoms in total. The monoisotopic (exact) mass is 384 g/mol. The topological polar surface area (TPSA) is 82.1 Å². The first-order valence-electron chi connectivity index (χ1n) is 9.16. The Hall–Kier alpha value is -2.86. The lowest BCUT2D eigenvalue weighted by Gasteiger charge is -2.29. The van der Waals surface area contributed by atoms with Crippen LogP contribution >= 0.6 is 0 Å². The number of carbonyl (C=O) groups excluding carboxylic acids is 2. The van der Waals surface area contributed by atoms with E-state index in [2.05, 4.69) is 19.9 Å². The van der Waals surface area contributed by atoms with E-state index >= 15 is 0 Å². The number of carbonyl (C=O) groups is 2. The molecule has 0 spiro atoms. The number of rotatable bonds is 5. The van der Waals surface area contributed by atoms with Crippen molar-refractivity contribution >= 4 is 23.7 Å². The van der Waals surface area contributed by atoms with E-state index in [1.807, 2.05) is 6.92 Å². The molecule has 0 unspecified atom stereocenters. The van der Waals surface area contributed by atoms with Crippen molar-refractivity contribution in [3.8, 4) is 5.75 Å². The second kappa shape index (κ2) is 7.64. The van der Waals surface area contributed by atoms with Crippen LogP contribution in [0.2, 0.25) is 0 Å². The minimum atomic E-state index is -0.892. The molecule has 1 N–H and O–H groups in total. The smallest absolute Gasteiger partial charge is 0.268 e. The fourth-order valence-electron chi connectivity index (χ4n) is 3.38. The van der Waals surface area contributed by atoms with Gasteiger partial charge in [0.05, 0.1) is 18.2 Å². The lowest BCUT2D eigenvalue weighted by molar-refractivity contribution is -0.114. The van der Waals surface area contributed by atoms with Crippen LogP contribution in [-0.4, -0.2) is 30.9 Å². The quantitative estimate of drug-likeness (QED) is 0.768. The number of methoxy groups -OCH3 is 2. The molecule has 148 valence electrons. The summed E-state index contributed by atoms with van der Waals surface area (Å²) in [5.74, 6) is -0.938. The molecule has 1 aromatic rings. The van der Waals surface area contributed by atoms with E-state index in [0.717, 1.165) is 12.0 Å². The SMILES string of the molecule is CC[C@@H](C)/C=C(\C)C1=Cc2cc3c(c(O)c2[C@H](OC)O1)C(=O)C(=O)C(OC)=C3. The van der Waals surface area contributed by atoms with Gasteiger partial charge in [-0.3, -0.25) is 9.59 Å². The highest BCUT2D eigenvalue weighted by Crippen LogP contribution is 2.44. The Balaban J connectivity index is 2.20. The van der Waals surface area contributed by atoms with Crippen LogP contribution in [-0.2, 0) is 19.0 Å². The lowest BCUT2D eigenvalue weighted by atomic mass is 9.87.